The molecule has 0 bridgehead atoms. The Morgan fingerprint density at radius 2 is 2.05 bits per heavy atom. The molecule has 100 valence electrons. The summed E-state index contributed by atoms with van der Waals surface area (Å²) in [5, 5.41) is 9.96. The second-order valence-corrected chi connectivity index (χ2v) is 4.23. The molecule has 3 aromatic rings. The number of aromatic amines is 1. The number of benzene rings is 2. The summed E-state index contributed by atoms with van der Waals surface area (Å²) < 4.78 is 5.05. The Kier molecular flexibility index (Phi) is 3.09. The Hall–Kier alpha value is -2.82. The van der Waals surface area contributed by atoms with Crippen molar-refractivity contribution < 1.29 is 9.84 Å². The maximum absolute atomic E-state index is 9.96. The molecule has 0 aliphatic heterocycles. The molecule has 0 amide bonds. The van der Waals surface area contributed by atoms with E-state index < -0.39 is 0 Å². The van der Waals surface area contributed by atoms with Gasteiger partial charge in [0.15, 0.2) is 11.5 Å². The van der Waals surface area contributed by atoms with Crippen molar-refractivity contribution in [3.63, 3.8) is 0 Å². The van der Waals surface area contributed by atoms with Gasteiger partial charge in [0.05, 0.1) is 18.1 Å². The summed E-state index contributed by atoms with van der Waals surface area (Å²) in [7, 11) is 1.51. The molecular weight excluding hydrogens is 254 g/mol. The lowest BCUT2D eigenvalue weighted by Crippen LogP contribution is -1.88. The minimum Gasteiger partial charge on any atom is -0.504 e. The van der Waals surface area contributed by atoms with Gasteiger partial charge in [-0.2, -0.15) is 0 Å². The quantitative estimate of drug-likeness (QED) is 0.716. The van der Waals surface area contributed by atoms with E-state index in [2.05, 4.69) is 15.0 Å². The summed E-state index contributed by atoms with van der Waals surface area (Å²) in [5.74, 6) is 0.974. The second kappa shape index (κ2) is 5.05. The van der Waals surface area contributed by atoms with E-state index in [1.165, 1.54) is 7.11 Å². The number of imidazole rings is 1. The number of aromatic nitrogens is 2. The Balaban J connectivity index is 1.94. The summed E-state index contributed by atoms with van der Waals surface area (Å²) in [6.45, 7) is 0. The maximum Gasteiger partial charge on any atom is 0.227 e. The molecule has 0 radical (unpaired) electrons. The lowest BCUT2D eigenvalue weighted by molar-refractivity contribution is 0.373. The number of H-pyrrole nitrogens is 1. The Morgan fingerprint density at radius 1 is 1.20 bits per heavy atom. The number of nitrogens with one attached hydrogen (secondary N) is 1. The van der Waals surface area contributed by atoms with E-state index in [0.717, 1.165) is 11.0 Å². The van der Waals surface area contributed by atoms with Crippen molar-refractivity contribution in [2.24, 2.45) is 4.99 Å². The summed E-state index contributed by atoms with van der Waals surface area (Å²) >= 11 is 0. The zero-order valence-corrected chi connectivity index (χ0v) is 10.9. The first-order chi connectivity index (χ1) is 9.78. The molecule has 5 heteroatoms. The van der Waals surface area contributed by atoms with Gasteiger partial charge in [0, 0.05) is 11.8 Å². The largest absolute Gasteiger partial charge is 0.504 e. The number of rotatable bonds is 3. The van der Waals surface area contributed by atoms with Crippen molar-refractivity contribution in [3.05, 3.63) is 48.0 Å². The fourth-order valence-electron chi connectivity index (χ4n) is 1.94. The third kappa shape index (κ3) is 2.21. The third-order valence-electron chi connectivity index (χ3n) is 2.95. The predicted octanol–water partition coefficient (Wildman–Crippen LogP) is 3.03. The molecule has 20 heavy (non-hydrogen) atoms. The van der Waals surface area contributed by atoms with Gasteiger partial charge >= 0.3 is 0 Å². The van der Waals surface area contributed by atoms with Crippen LogP contribution >= 0.6 is 0 Å². The van der Waals surface area contributed by atoms with E-state index in [9.17, 15) is 5.11 Å². The number of aliphatic imine (C=N–C) groups is 1. The Morgan fingerprint density at radius 3 is 2.85 bits per heavy atom. The number of nitrogens with zero attached hydrogens (tertiary/aromatic N) is 2. The molecule has 0 aliphatic carbocycles. The fraction of sp³-hybridized carbons (Fsp3) is 0.0667. The smallest absolute Gasteiger partial charge is 0.227 e. The van der Waals surface area contributed by atoms with Crippen molar-refractivity contribution >= 4 is 23.2 Å². The maximum atomic E-state index is 9.96. The third-order valence-corrected chi connectivity index (χ3v) is 2.95. The average Bonchev–Trinajstić information content (AvgIpc) is 2.89. The van der Waals surface area contributed by atoms with Crippen LogP contribution in [0.1, 0.15) is 5.56 Å². The van der Waals surface area contributed by atoms with Crippen molar-refractivity contribution in [1.29, 1.82) is 0 Å². The number of para-hydroxylation sites is 3. The van der Waals surface area contributed by atoms with Gasteiger partial charge in [0.1, 0.15) is 0 Å². The van der Waals surface area contributed by atoms with Crippen LogP contribution in [0.5, 0.6) is 11.5 Å². The van der Waals surface area contributed by atoms with Crippen LogP contribution in [0.2, 0.25) is 0 Å². The normalized spacial score (nSPS) is 11.2. The topological polar surface area (TPSA) is 70.5 Å². The van der Waals surface area contributed by atoms with Crippen LogP contribution in [0.3, 0.4) is 0 Å². The number of phenols is 1. The van der Waals surface area contributed by atoms with Gasteiger partial charge in [-0.15, -0.1) is 0 Å². The number of phenolic OH excluding ortho intramolecular Hbond substituents is 1. The van der Waals surface area contributed by atoms with Gasteiger partial charge in [-0.1, -0.05) is 18.2 Å². The highest BCUT2D eigenvalue weighted by Crippen LogP contribution is 2.28. The SMILES string of the molecule is COc1cccc(/C=N/c2nc3ccccc3[nH]2)c1O. The minimum atomic E-state index is 0.0647. The molecular formula is C15H13N3O2. The van der Waals surface area contributed by atoms with Crippen molar-refractivity contribution in [3.8, 4) is 11.5 Å². The Bertz CT molecular complexity index is 745. The number of ether oxygens (including phenoxy) is 1. The first-order valence-corrected chi connectivity index (χ1v) is 6.13. The lowest BCUT2D eigenvalue weighted by atomic mass is 10.2. The highest BCUT2D eigenvalue weighted by Gasteiger charge is 2.05. The van der Waals surface area contributed by atoms with E-state index in [1.54, 1.807) is 24.4 Å². The van der Waals surface area contributed by atoms with Crippen LogP contribution < -0.4 is 4.74 Å². The van der Waals surface area contributed by atoms with Gasteiger partial charge in [-0.05, 0) is 24.3 Å². The zero-order chi connectivity index (χ0) is 13.9. The molecule has 2 aromatic carbocycles. The van der Waals surface area contributed by atoms with Crippen LogP contribution in [-0.4, -0.2) is 28.4 Å². The van der Waals surface area contributed by atoms with E-state index >= 15 is 0 Å². The lowest BCUT2D eigenvalue weighted by Gasteiger charge is -2.04. The van der Waals surface area contributed by atoms with E-state index in [-0.39, 0.29) is 5.75 Å². The summed E-state index contributed by atoms with van der Waals surface area (Å²) in [5.41, 5.74) is 2.36. The fourth-order valence-corrected chi connectivity index (χ4v) is 1.94. The Labute approximate surface area is 115 Å². The number of aromatic hydroxyl groups is 1. The molecule has 0 atom stereocenters. The number of hydrogen-bond acceptors (Lipinski definition) is 4. The predicted molar refractivity (Wildman–Crippen MR) is 78.0 cm³/mol. The van der Waals surface area contributed by atoms with Crippen molar-refractivity contribution in [2.75, 3.05) is 7.11 Å². The molecule has 2 N–H and O–H groups in total. The van der Waals surface area contributed by atoms with Gasteiger partial charge in [-0.25, -0.2) is 9.98 Å². The van der Waals surface area contributed by atoms with Gasteiger partial charge < -0.3 is 14.8 Å². The van der Waals surface area contributed by atoms with E-state index in [4.69, 9.17) is 4.74 Å². The highest BCUT2D eigenvalue weighted by molar-refractivity contribution is 5.87. The molecule has 0 fully saturated rings. The minimum absolute atomic E-state index is 0.0647. The van der Waals surface area contributed by atoms with E-state index in [0.29, 0.717) is 17.3 Å². The molecule has 0 spiro atoms. The van der Waals surface area contributed by atoms with Gasteiger partial charge in [0.25, 0.3) is 0 Å². The number of fused-ring (bicyclic) bond motifs is 1. The molecule has 0 saturated heterocycles. The van der Waals surface area contributed by atoms with Crippen LogP contribution in [0.15, 0.2) is 47.5 Å². The van der Waals surface area contributed by atoms with E-state index in [1.807, 2.05) is 24.3 Å². The molecule has 1 aromatic heterocycles. The summed E-state index contributed by atoms with van der Waals surface area (Å²) in [6, 6.07) is 12.9. The molecule has 0 saturated carbocycles. The first-order valence-electron chi connectivity index (χ1n) is 6.13. The molecule has 5 nitrogen and oxygen atoms in total. The molecule has 3 rings (SSSR count). The van der Waals surface area contributed by atoms with Crippen LogP contribution in [0.4, 0.5) is 5.95 Å². The highest BCUT2D eigenvalue weighted by atomic mass is 16.5. The summed E-state index contributed by atoms with van der Waals surface area (Å²) in [4.78, 5) is 11.7. The van der Waals surface area contributed by atoms with Crippen LogP contribution in [0.25, 0.3) is 11.0 Å². The molecule has 1 heterocycles. The molecule has 0 aliphatic rings. The number of methoxy groups -OCH3 is 1. The monoisotopic (exact) mass is 267 g/mol. The van der Waals surface area contributed by atoms with Crippen LogP contribution in [0, 0.1) is 0 Å². The second-order valence-electron chi connectivity index (χ2n) is 4.23. The standard InChI is InChI=1S/C15H13N3O2/c1-20-13-8-4-5-10(14(13)19)9-16-15-17-11-6-2-3-7-12(11)18-15/h2-9,19H,1H3,(H,17,18)/b16-9+. The zero-order valence-electron chi connectivity index (χ0n) is 10.9. The number of hydrogen-bond donors (Lipinski definition) is 2. The van der Waals surface area contributed by atoms with Crippen molar-refractivity contribution in [2.45, 2.75) is 0 Å². The summed E-state index contributed by atoms with van der Waals surface area (Å²) in [6.07, 6.45) is 1.55. The first kappa shape index (κ1) is 12.2. The molecule has 0 unspecified atom stereocenters. The van der Waals surface area contributed by atoms with Crippen LogP contribution in [-0.2, 0) is 0 Å². The van der Waals surface area contributed by atoms with Crippen molar-refractivity contribution in [1.82, 2.24) is 9.97 Å². The average molecular weight is 267 g/mol. The van der Waals surface area contributed by atoms with Gasteiger partial charge in [0.2, 0.25) is 5.95 Å². The van der Waals surface area contributed by atoms with Gasteiger partial charge in [-0.3, -0.25) is 0 Å².